The summed E-state index contributed by atoms with van der Waals surface area (Å²) in [5.41, 5.74) is 2.55. The number of hydrogen-bond donors (Lipinski definition) is 1. The van der Waals surface area contributed by atoms with Crippen LogP contribution in [-0.2, 0) is 0 Å². The van der Waals surface area contributed by atoms with Gasteiger partial charge in [-0.05, 0) is 25.0 Å². The molecule has 0 radical (unpaired) electrons. The van der Waals surface area contributed by atoms with Gasteiger partial charge in [-0.2, -0.15) is 4.98 Å². The number of ether oxygens (including phenoxy) is 2. The van der Waals surface area contributed by atoms with Crippen molar-refractivity contribution in [3.63, 3.8) is 0 Å². The van der Waals surface area contributed by atoms with Gasteiger partial charge in [0.2, 0.25) is 17.3 Å². The summed E-state index contributed by atoms with van der Waals surface area (Å²) < 4.78 is 12.2. The Balaban J connectivity index is 1.74. The topological polar surface area (TPSA) is 112 Å². The number of fused-ring (bicyclic) bond motifs is 3. The summed E-state index contributed by atoms with van der Waals surface area (Å²) in [6.45, 7) is 4.64. The zero-order chi connectivity index (χ0) is 23.9. The number of hydrogen-bond acceptors (Lipinski definition) is 9. The van der Waals surface area contributed by atoms with E-state index in [1.165, 1.54) is 23.9 Å². The molecule has 2 heterocycles. The molecular weight excluding hydrogens is 454 g/mol. The fraction of sp³-hybridized carbons (Fsp3) is 0.375. The molecule has 9 nitrogen and oxygen atoms in total. The van der Waals surface area contributed by atoms with Crippen LogP contribution in [-0.4, -0.2) is 32.5 Å². The Morgan fingerprint density at radius 3 is 2.79 bits per heavy atom. The van der Waals surface area contributed by atoms with E-state index < -0.39 is 11.2 Å². The lowest BCUT2D eigenvalue weighted by molar-refractivity contribution is -0.385. The van der Waals surface area contributed by atoms with Crippen LogP contribution in [0, 0.1) is 10.1 Å². The highest BCUT2D eigenvalue weighted by Gasteiger charge is 2.29. The summed E-state index contributed by atoms with van der Waals surface area (Å²) in [7, 11) is 0. The first-order valence-electron chi connectivity index (χ1n) is 11.4. The van der Waals surface area contributed by atoms with Crippen molar-refractivity contribution in [2.45, 2.75) is 50.9 Å². The number of nitrogens with zero attached hydrogens (tertiary/aromatic N) is 4. The highest BCUT2D eigenvalue weighted by atomic mass is 32.2. The molecule has 1 aromatic heterocycles. The van der Waals surface area contributed by atoms with E-state index in [9.17, 15) is 10.1 Å². The molecule has 0 amide bonds. The number of para-hydroxylation sites is 1. The molecule has 1 aliphatic heterocycles. The van der Waals surface area contributed by atoms with Crippen molar-refractivity contribution in [3.8, 4) is 22.9 Å². The van der Waals surface area contributed by atoms with Crippen LogP contribution in [0.15, 0.2) is 47.6 Å². The van der Waals surface area contributed by atoms with Crippen molar-refractivity contribution in [2.24, 2.45) is 0 Å². The molecule has 1 atom stereocenters. The molecule has 4 rings (SSSR count). The van der Waals surface area contributed by atoms with Gasteiger partial charge in [-0.15, -0.1) is 10.2 Å². The first-order chi connectivity index (χ1) is 16.6. The van der Waals surface area contributed by atoms with Gasteiger partial charge in [-0.3, -0.25) is 10.1 Å². The minimum absolute atomic E-state index is 0.0463. The van der Waals surface area contributed by atoms with Gasteiger partial charge in [0.25, 0.3) is 5.69 Å². The van der Waals surface area contributed by atoms with Gasteiger partial charge in [0, 0.05) is 29.1 Å². The standard InChI is InChI=1S/C24H27N5O4S/c1-3-5-8-14-34-24-26-23-21(27-28-24)17-9-6-7-10-19(17)25-22(33-23)18-15-16(29(30)31)11-12-20(18)32-13-4-2/h6-7,9-12,15,22,25H,3-5,8,13-14H2,1-2H3/t22-/m1/s1. The van der Waals surface area contributed by atoms with Crippen molar-refractivity contribution in [1.82, 2.24) is 15.2 Å². The lowest BCUT2D eigenvalue weighted by Gasteiger charge is -2.21. The number of anilines is 1. The van der Waals surface area contributed by atoms with E-state index in [0.717, 1.165) is 42.7 Å². The van der Waals surface area contributed by atoms with Crippen molar-refractivity contribution >= 4 is 23.1 Å². The highest BCUT2D eigenvalue weighted by Crippen LogP contribution is 2.41. The van der Waals surface area contributed by atoms with Crippen LogP contribution in [0.3, 0.4) is 0 Å². The Kier molecular flexibility index (Phi) is 7.79. The second-order valence-corrected chi connectivity index (χ2v) is 8.88. The van der Waals surface area contributed by atoms with Crippen LogP contribution in [0.5, 0.6) is 11.6 Å². The molecule has 178 valence electrons. The molecule has 34 heavy (non-hydrogen) atoms. The van der Waals surface area contributed by atoms with Crippen molar-refractivity contribution in [2.75, 3.05) is 17.7 Å². The molecule has 3 aromatic rings. The van der Waals surface area contributed by atoms with E-state index in [1.54, 1.807) is 6.07 Å². The number of unbranched alkanes of at least 4 members (excludes halogenated alkanes) is 2. The van der Waals surface area contributed by atoms with Crippen LogP contribution >= 0.6 is 11.8 Å². The number of nitrogens with one attached hydrogen (secondary N) is 1. The summed E-state index contributed by atoms with van der Waals surface area (Å²) in [6, 6.07) is 12.1. The molecule has 1 aliphatic rings. The summed E-state index contributed by atoms with van der Waals surface area (Å²) in [4.78, 5) is 15.7. The summed E-state index contributed by atoms with van der Waals surface area (Å²) >= 11 is 1.54. The lowest BCUT2D eigenvalue weighted by atomic mass is 10.1. The number of benzene rings is 2. The summed E-state index contributed by atoms with van der Waals surface area (Å²) in [6.07, 6.45) is 3.39. The van der Waals surface area contributed by atoms with Gasteiger partial charge in [0.1, 0.15) is 5.75 Å². The molecule has 0 saturated heterocycles. The van der Waals surface area contributed by atoms with Gasteiger partial charge < -0.3 is 14.8 Å². The Bertz CT molecular complexity index is 1160. The molecule has 1 N–H and O–H groups in total. The molecule has 0 saturated carbocycles. The van der Waals surface area contributed by atoms with Gasteiger partial charge in [0.15, 0.2) is 5.69 Å². The molecule has 0 bridgehead atoms. The Hall–Kier alpha value is -3.40. The fourth-order valence-electron chi connectivity index (χ4n) is 3.56. The smallest absolute Gasteiger partial charge is 0.270 e. The van der Waals surface area contributed by atoms with E-state index in [0.29, 0.717) is 34.7 Å². The van der Waals surface area contributed by atoms with Crippen LogP contribution in [0.4, 0.5) is 11.4 Å². The fourth-order valence-corrected chi connectivity index (χ4v) is 4.34. The second kappa shape index (κ2) is 11.1. The predicted molar refractivity (Wildman–Crippen MR) is 131 cm³/mol. The molecule has 10 heteroatoms. The number of thioether (sulfide) groups is 1. The van der Waals surface area contributed by atoms with Crippen LogP contribution < -0.4 is 14.8 Å². The maximum Gasteiger partial charge on any atom is 0.270 e. The maximum atomic E-state index is 11.5. The molecule has 0 unspecified atom stereocenters. The minimum Gasteiger partial charge on any atom is -0.493 e. The van der Waals surface area contributed by atoms with Gasteiger partial charge >= 0.3 is 0 Å². The molecule has 0 spiro atoms. The van der Waals surface area contributed by atoms with E-state index >= 15 is 0 Å². The first kappa shape index (κ1) is 23.7. The quantitative estimate of drug-likeness (QED) is 0.161. The van der Waals surface area contributed by atoms with Crippen LogP contribution in [0.2, 0.25) is 0 Å². The summed E-state index contributed by atoms with van der Waals surface area (Å²) in [5, 5.41) is 24.1. The molecular formula is C24H27N5O4S. The number of nitro groups is 1. The zero-order valence-electron chi connectivity index (χ0n) is 19.2. The monoisotopic (exact) mass is 481 g/mol. The third-order valence-corrected chi connectivity index (χ3v) is 6.18. The van der Waals surface area contributed by atoms with Gasteiger partial charge in [-0.1, -0.05) is 56.7 Å². The molecule has 0 aliphatic carbocycles. The Morgan fingerprint density at radius 2 is 2.00 bits per heavy atom. The van der Waals surface area contributed by atoms with Gasteiger partial charge in [-0.25, -0.2) is 0 Å². The predicted octanol–water partition coefficient (Wildman–Crippen LogP) is 6.02. The van der Waals surface area contributed by atoms with Crippen molar-refractivity contribution < 1.29 is 14.4 Å². The molecule has 0 fully saturated rings. The maximum absolute atomic E-state index is 11.5. The third-order valence-electron chi connectivity index (χ3n) is 5.26. The molecule has 2 aromatic carbocycles. The van der Waals surface area contributed by atoms with Crippen LogP contribution in [0.25, 0.3) is 11.3 Å². The Morgan fingerprint density at radius 1 is 1.15 bits per heavy atom. The van der Waals surface area contributed by atoms with Gasteiger partial charge in [0.05, 0.1) is 17.1 Å². The lowest BCUT2D eigenvalue weighted by Crippen LogP contribution is -2.18. The van der Waals surface area contributed by atoms with E-state index in [4.69, 9.17) is 9.47 Å². The van der Waals surface area contributed by atoms with Crippen molar-refractivity contribution in [1.29, 1.82) is 0 Å². The number of nitro benzene ring substituents is 1. The SMILES string of the molecule is CCCCCSc1nnc2c(n1)O[C@H](c1cc([N+](=O)[O-])ccc1OCCC)Nc1ccccc1-2. The number of aromatic nitrogens is 3. The highest BCUT2D eigenvalue weighted by molar-refractivity contribution is 7.99. The number of non-ortho nitro benzene ring substituents is 1. The van der Waals surface area contributed by atoms with Crippen LogP contribution in [0.1, 0.15) is 51.3 Å². The van der Waals surface area contributed by atoms with Crippen molar-refractivity contribution in [3.05, 3.63) is 58.1 Å². The normalized spacial score (nSPS) is 14.2. The largest absolute Gasteiger partial charge is 0.493 e. The zero-order valence-corrected chi connectivity index (χ0v) is 20.0. The van der Waals surface area contributed by atoms with E-state index in [1.807, 2.05) is 31.2 Å². The number of rotatable bonds is 10. The minimum atomic E-state index is -0.774. The third kappa shape index (κ3) is 5.39. The summed E-state index contributed by atoms with van der Waals surface area (Å²) in [5.74, 6) is 1.73. The Labute approximate surface area is 202 Å². The second-order valence-electron chi connectivity index (χ2n) is 7.82. The average molecular weight is 482 g/mol. The average Bonchev–Trinajstić information content (AvgIpc) is 3.01. The van der Waals surface area contributed by atoms with E-state index in [2.05, 4.69) is 27.4 Å². The first-order valence-corrected chi connectivity index (χ1v) is 12.4. The van der Waals surface area contributed by atoms with E-state index in [-0.39, 0.29) is 5.69 Å².